The van der Waals surface area contributed by atoms with E-state index in [0.717, 1.165) is 24.8 Å². The van der Waals surface area contributed by atoms with Crippen LogP contribution in [0.25, 0.3) is 0 Å². The smallest absolute Gasteiger partial charge is 0.240 e. The molecule has 0 bridgehead atoms. The van der Waals surface area contributed by atoms with Gasteiger partial charge < -0.3 is 10.5 Å². The van der Waals surface area contributed by atoms with Gasteiger partial charge in [0.25, 0.3) is 0 Å². The maximum atomic E-state index is 12.1. The first-order valence-corrected chi connectivity index (χ1v) is 7.99. The fourth-order valence-electron chi connectivity index (χ4n) is 2.06. The molecule has 1 aliphatic rings. The largest absolute Gasteiger partial charge is 0.380 e. The van der Waals surface area contributed by atoms with Crippen LogP contribution in [-0.4, -0.2) is 34.2 Å². The predicted octanol–water partition coefficient (Wildman–Crippen LogP) is 0.645. The lowest BCUT2D eigenvalue weighted by molar-refractivity contribution is 0.192. The quantitative estimate of drug-likeness (QED) is 0.803. The third-order valence-corrected chi connectivity index (χ3v) is 4.69. The number of hydrogen-bond donors (Lipinski definition) is 2. The first-order valence-electron chi connectivity index (χ1n) is 6.51. The second kappa shape index (κ2) is 6.47. The van der Waals surface area contributed by atoms with Crippen LogP contribution in [0, 0.1) is 0 Å². The van der Waals surface area contributed by atoms with Gasteiger partial charge in [0.05, 0.1) is 11.5 Å². The molecule has 2 rings (SSSR count). The third-order valence-electron chi connectivity index (χ3n) is 3.15. The zero-order valence-corrected chi connectivity index (χ0v) is 11.7. The van der Waals surface area contributed by atoms with Gasteiger partial charge in [-0.05, 0) is 43.5 Å². The van der Waals surface area contributed by atoms with Crippen LogP contribution in [0.4, 0.5) is 0 Å². The molecule has 1 saturated heterocycles. The van der Waals surface area contributed by atoms with Crippen molar-refractivity contribution in [2.45, 2.75) is 30.2 Å². The van der Waals surface area contributed by atoms with Crippen LogP contribution < -0.4 is 10.5 Å². The Bertz CT molecular complexity index is 493. The Balaban J connectivity index is 2.03. The van der Waals surface area contributed by atoms with E-state index in [9.17, 15) is 8.42 Å². The highest BCUT2D eigenvalue weighted by molar-refractivity contribution is 7.89. The van der Waals surface area contributed by atoms with Crippen molar-refractivity contribution in [3.05, 3.63) is 29.8 Å². The molecule has 1 aromatic rings. The normalized spacial score (nSPS) is 19.7. The fraction of sp³-hybridized carbons (Fsp3) is 0.538. The molecule has 3 N–H and O–H groups in total. The van der Waals surface area contributed by atoms with Gasteiger partial charge in [-0.15, -0.1) is 0 Å². The SMILES string of the molecule is NCCCc1ccc(S(=O)(=O)NC2CCOC2)cc1. The third kappa shape index (κ3) is 4.01. The summed E-state index contributed by atoms with van der Waals surface area (Å²) in [5.74, 6) is 0. The molecule has 1 unspecified atom stereocenters. The van der Waals surface area contributed by atoms with E-state index in [0.29, 0.717) is 24.7 Å². The second-order valence-corrected chi connectivity index (χ2v) is 6.43. The molecule has 0 amide bonds. The zero-order valence-electron chi connectivity index (χ0n) is 10.8. The molecule has 0 aliphatic carbocycles. The molecule has 1 aliphatic heterocycles. The van der Waals surface area contributed by atoms with Crippen molar-refractivity contribution in [2.24, 2.45) is 5.73 Å². The highest BCUT2D eigenvalue weighted by Gasteiger charge is 2.23. The van der Waals surface area contributed by atoms with Crippen molar-refractivity contribution >= 4 is 10.0 Å². The van der Waals surface area contributed by atoms with E-state index in [1.54, 1.807) is 12.1 Å². The summed E-state index contributed by atoms with van der Waals surface area (Å²) in [5.41, 5.74) is 6.55. The molecule has 19 heavy (non-hydrogen) atoms. The number of nitrogens with two attached hydrogens (primary N) is 1. The van der Waals surface area contributed by atoms with Crippen molar-refractivity contribution in [1.29, 1.82) is 0 Å². The molecule has 0 spiro atoms. The summed E-state index contributed by atoms with van der Waals surface area (Å²) in [6.07, 6.45) is 2.51. The van der Waals surface area contributed by atoms with Gasteiger partial charge in [-0.25, -0.2) is 13.1 Å². The average molecular weight is 284 g/mol. The molecule has 106 valence electrons. The van der Waals surface area contributed by atoms with Crippen LogP contribution >= 0.6 is 0 Å². The van der Waals surface area contributed by atoms with Crippen LogP contribution in [0.2, 0.25) is 0 Å². The van der Waals surface area contributed by atoms with Crippen molar-refractivity contribution < 1.29 is 13.2 Å². The summed E-state index contributed by atoms with van der Waals surface area (Å²) >= 11 is 0. The number of benzene rings is 1. The topological polar surface area (TPSA) is 81.4 Å². The summed E-state index contributed by atoms with van der Waals surface area (Å²) < 4.78 is 32.1. The van der Waals surface area contributed by atoms with E-state index in [4.69, 9.17) is 10.5 Å². The van der Waals surface area contributed by atoms with Gasteiger partial charge in [-0.2, -0.15) is 0 Å². The van der Waals surface area contributed by atoms with Gasteiger partial charge in [0.2, 0.25) is 10.0 Å². The predicted molar refractivity (Wildman–Crippen MR) is 73.4 cm³/mol. The second-order valence-electron chi connectivity index (χ2n) is 4.72. The lowest BCUT2D eigenvalue weighted by Gasteiger charge is -2.11. The van der Waals surface area contributed by atoms with Crippen LogP contribution in [0.15, 0.2) is 29.2 Å². The molecule has 5 nitrogen and oxygen atoms in total. The van der Waals surface area contributed by atoms with Crippen molar-refractivity contribution in [2.75, 3.05) is 19.8 Å². The average Bonchev–Trinajstić information content (AvgIpc) is 2.89. The first-order chi connectivity index (χ1) is 9.12. The van der Waals surface area contributed by atoms with E-state index in [2.05, 4.69) is 4.72 Å². The molecule has 1 aromatic carbocycles. The van der Waals surface area contributed by atoms with E-state index in [1.807, 2.05) is 12.1 Å². The standard InChI is InChI=1S/C13H20N2O3S/c14-8-1-2-11-3-5-13(6-4-11)19(16,17)15-12-7-9-18-10-12/h3-6,12,15H,1-2,7-10,14H2. The minimum atomic E-state index is -3.44. The van der Waals surface area contributed by atoms with Crippen LogP contribution in [0.3, 0.4) is 0 Å². The Kier molecular flexibility index (Phi) is 4.93. The molecule has 0 aromatic heterocycles. The molecule has 0 radical (unpaired) electrons. The van der Waals surface area contributed by atoms with Gasteiger partial charge in [0.1, 0.15) is 0 Å². The fourth-order valence-corrected chi connectivity index (χ4v) is 3.31. The Morgan fingerprint density at radius 2 is 2.05 bits per heavy atom. The van der Waals surface area contributed by atoms with Crippen LogP contribution in [-0.2, 0) is 21.2 Å². The first kappa shape index (κ1) is 14.5. The number of aryl methyl sites for hydroxylation is 1. The van der Waals surface area contributed by atoms with Crippen molar-refractivity contribution in [1.82, 2.24) is 4.72 Å². The Hall–Kier alpha value is -0.950. The van der Waals surface area contributed by atoms with Gasteiger partial charge in [0, 0.05) is 12.6 Å². The highest BCUT2D eigenvalue weighted by Crippen LogP contribution is 2.14. The summed E-state index contributed by atoms with van der Waals surface area (Å²) in [5, 5.41) is 0. The van der Waals surface area contributed by atoms with Gasteiger partial charge in [0.15, 0.2) is 0 Å². The van der Waals surface area contributed by atoms with E-state index in [1.165, 1.54) is 0 Å². The summed E-state index contributed by atoms with van der Waals surface area (Å²) in [6.45, 7) is 1.71. The monoisotopic (exact) mass is 284 g/mol. The molecule has 1 atom stereocenters. The van der Waals surface area contributed by atoms with E-state index < -0.39 is 10.0 Å². The molecule has 6 heteroatoms. The number of sulfonamides is 1. The maximum Gasteiger partial charge on any atom is 0.240 e. The Morgan fingerprint density at radius 3 is 2.63 bits per heavy atom. The maximum absolute atomic E-state index is 12.1. The Labute approximate surface area is 114 Å². The highest BCUT2D eigenvalue weighted by atomic mass is 32.2. The number of nitrogens with one attached hydrogen (secondary N) is 1. The summed E-state index contributed by atoms with van der Waals surface area (Å²) in [4.78, 5) is 0.302. The molecule has 0 saturated carbocycles. The molecule has 1 heterocycles. The number of hydrogen-bond acceptors (Lipinski definition) is 4. The minimum Gasteiger partial charge on any atom is -0.380 e. The van der Waals surface area contributed by atoms with Gasteiger partial charge >= 0.3 is 0 Å². The van der Waals surface area contributed by atoms with E-state index >= 15 is 0 Å². The Morgan fingerprint density at radius 1 is 1.32 bits per heavy atom. The molecule has 1 fully saturated rings. The number of rotatable bonds is 6. The van der Waals surface area contributed by atoms with Crippen molar-refractivity contribution in [3.8, 4) is 0 Å². The lowest BCUT2D eigenvalue weighted by atomic mass is 10.1. The minimum absolute atomic E-state index is 0.109. The van der Waals surface area contributed by atoms with Crippen LogP contribution in [0.5, 0.6) is 0 Å². The van der Waals surface area contributed by atoms with E-state index in [-0.39, 0.29) is 6.04 Å². The summed E-state index contributed by atoms with van der Waals surface area (Å²) in [6, 6.07) is 6.86. The van der Waals surface area contributed by atoms with Gasteiger partial charge in [-0.3, -0.25) is 0 Å². The van der Waals surface area contributed by atoms with Crippen molar-refractivity contribution in [3.63, 3.8) is 0 Å². The molecular formula is C13H20N2O3S. The van der Waals surface area contributed by atoms with Crippen LogP contribution in [0.1, 0.15) is 18.4 Å². The van der Waals surface area contributed by atoms with Gasteiger partial charge in [-0.1, -0.05) is 12.1 Å². The zero-order chi connectivity index (χ0) is 13.7. The summed E-state index contributed by atoms with van der Waals surface area (Å²) in [7, 11) is -3.44. The lowest BCUT2D eigenvalue weighted by Crippen LogP contribution is -2.34. The molecular weight excluding hydrogens is 264 g/mol. The number of ether oxygens (including phenoxy) is 1.